The Hall–Kier alpha value is -3.73. The molecule has 1 aliphatic heterocycles. The van der Waals surface area contributed by atoms with Gasteiger partial charge < -0.3 is 4.90 Å². The molecule has 156 valence electrons. The summed E-state index contributed by atoms with van der Waals surface area (Å²) in [7, 11) is 0. The summed E-state index contributed by atoms with van der Waals surface area (Å²) in [6, 6.07) is 25.2. The van der Waals surface area contributed by atoms with Crippen LogP contribution < -0.4 is 4.90 Å². The van der Waals surface area contributed by atoms with Gasteiger partial charge in [-0.15, -0.1) is 0 Å². The molecule has 0 spiro atoms. The van der Waals surface area contributed by atoms with Gasteiger partial charge in [0, 0.05) is 12.1 Å². The Morgan fingerprint density at radius 2 is 1.61 bits per heavy atom. The number of amides is 3. The summed E-state index contributed by atoms with van der Waals surface area (Å²) in [5, 5.41) is 0. The molecular weight excluding hydrogens is 388 g/mol. The van der Waals surface area contributed by atoms with Crippen LogP contribution in [-0.2, 0) is 16.0 Å². The van der Waals surface area contributed by atoms with Crippen molar-refractivity contribution < 1.29 is 14.4 Å². The van der Waals surface area contributed by atoms with Gasteiger partial charge in [0.25, 0.3) is 11.8 Å². The van der Waals surface area contributed by atoms with Crippen LogP contribution in [0.25, 0.3) is 0 Å². The van der Waals surface area contributed by atoms with Crippen molar-refractivity contribution in [3.8, 4) is 0 Å². The van der Waals surface area contributed by atoms with E-state index in [1.165, 1.54) is 4.90 Å². The van der Waals surface area contributed by atoms with Crippen molar-refractivity contribution in [1.29, 1.82) is 0 Å². The molecule has 0 aliphatic carbocycles. The molecule has 1 fully saturated rings. The van der Waals surface area contributed by atoms with Crippen molar-refractivity contribution in [2.75, 3.05) is 11.4 Å². The molecule has 0 radical (unpaired) electrons. The van der Waals surface area contributed by atoms with Crippen LogP contribution in [0.15, 0.2) is 84.9 Å². The van der Waals surface area contributed by atoms with E-state index in [1.54, 1.807) is 35.2 Å². The van der Waals surface area contributed by atoms with Gasteiger partial charge in [0.1, 0.15) is 6.04 Å². The van der Waals surface area contributed by atoms with Crippen LogP contribution in [-0.4, -0.2) is 35.2 Å². The maximum Gasteiger partial charge on any atom is 0.257 e. The number of carbonyl (C=O) groups excluding carboxylic acids is 3. The first kappa shape index (κ1) is 20.5. The largest absolute Gasteiger partial charge is 0.326 e. The van der Waals surface area contributed by atoms with Crippen molar-refractivity contribution in [2.24, 2.45) is 0 Å². The Morgan fingerprint density at radius 1 is 0.935 bits per heavy atom. The van der Waals surface area contributed by atoms with E-state index in [2.05, 4.69) is 0 Å². The van der Waals surface area contributed by atoms with E-state index >= 15 is 0 Å². The molecule has 0 N–H and O–H groups in total. The van der Waals surface area contributed by atoms with E-state index in [0.717, 1.165) is 11.1 Å². The predicted octanol–water partition coefficient (Wildman–Crippen LogP) is 4.01. The molecule has 5 nitrogen and oxygen atoms in total. The molecule has 3 amide bonds. The number of nitrogens with zero attached hydrogens (tertiary/aromatic N) is 2. The molecule has 5 heteroatoms. The van der Waals surface area contributed by atoms with E-state index in [0.29, 0.717) is 24.2 Å². The molecule has 4 rings (SSSR count). The van der Waals surface area contributed by atoms with Crippen molar-refractivity contribution in [1.82, 2.24) is 4.90 Å². The third-order valence-electron chi connectivity index (χ3n) is 5.52. The minimum absolute atomic E-state index is 0.0138. The fraction of sp³-hybridized carbons (Fsp3) is 0.192. The summed E-state index contributed by atoms with van der Waals surface area (Å²) in [6.07, 6.45) is 0.585. The highest BCUT2D eigenvalue weighted by atomic mass is 16.2. The standard InChI is InChI=1S/C26H24N2O3/c1-19-9-8-12-21(17-19)25(30)27(16-15-20-10-4-2-5-11-20)23-18-24(29)28(26(23)31)22-13-6-3-7-14-22/h2-14,17,23H,15-16,18H2,1H3. The summed E-state index contributed by atoms with van der Waals surface area (Å²) in [5.74, 6) is -0.881. The number of benzene rings is 3. The fourth-order valence-electron chi connectivity index (χ4n) is 3.94. The first-order valence-corrected chi connectivity index (χ1v) is 10.4. The third-order valence-corrected chi connectivity index (χ3v) is 5.52. The molecule has 1 heterocycles. The summed E-state index contributed by atoms with van der Waals surface area (Å²) in [6.45, 7) is 2.27. The SMILES string of the molecule is Cc1cccc(C(=O)N(CCc2ccccc2)C2CC(=O)N(c3ccccc3)C2=O)c1. The van der Waals surface area contributed by atoms with Crippen LogP contribution in [0.3, 0.4) is 0 Å². The summed E-state index contributed by atoms with van der Waals surface area (Å²) >= 11 is 0. The number of anilines is 1. The van der Waals surface area contributed by atoms with Gasteiger partial charge in [0.05, 0.1) is 12.1 Å². The Morgan fingerprint density at radius 3 is 2.29 bits per heavy atom. The second-order valence-corrected chi connectivity index (χ2v) is 7.73. The van der Waals surface area contributed by atoms with Gasteiger partial charge in [-0.3, -0.25) is 14.4 Å². The highest BCUT2D eigenvalue weighted by Crippen LogP contribution is 2.27. The molecule has 0 saturated carbocycles. The lowest BCUT2D eigenvalue weighted by Gasteiger charge is -2.28. The van der Waals surface area contributed by atoms with Gasteiger partial charge in [-0.2, -0.15) is 0 Å². The zero-order valence-corrected chi connectivity index (χ0v) is 17.4. The Bertz CT molecular complexity index is 1100. The third kappa shape index (κ3) is 4.40. The molecule has 0 bridgehead atoms. The number of aryl methyl sites for hydroxylation is 1. The Labute approximate surface area is 181 Å². The van der Waals surface area contributed by atoms with Gasteiger partial charge in [-0.05, 0) is 43.2 Å². The molecule has 0 aromatic heterocycles. The molecule has 3 aromatic carbocycles. The summed E-state index contributed by atoms with van der Waals surface area (Å²) in [4.78, 5) is 42.2. The lowest BCUT2D eigenvalue weighted by molar-refractivity contribution is -0.122. The van der Waals surface area contributed by atoms with E-state index < -0.39 is 6.04 Å². The topological polar surface area (TPSA) is 57.7 Å². The lowest BCUT2D eigenvalue weighted by Crippen LogP contribution is -2.46. The smallest absolute Gasteiger partial charge is 0.257 e. The molecule has 1 unspecified atom stereocenters. The van der Waals surface area contributed by atoms with Crippen LogP contribution in [0.1, 0.15) is 27.9 Å². The maximum atomic E-state index is 13.4. The van der Waals surface area contributed by atoms with Crippen molar-refractivity contribution in [2.45, 2.75) is 25.8 Å². The number of hydrogen-bond donors (Lipinski definition) is 0. The second kappa shape index (κ2) is 8.96. The molecule has 31 heavy (non-hydrogen) atoms. The molecule has 1 saturated heterocycles. The summed E-state index contributed by atoms with van der Waals surface area (Å²) < 4.78 is 0. The van der Waals surface area contributed by atoms with Crippen molar-refractivity contribution in [3.05, 3.63) is 102 Å². The molecule has 1 atom stereocenters. The predicted molar refractivity (Wildman–Crippen MR) is 120 cm³/mol. The van der Waals surface area contributed by atoms with Gasteiger partial charge in [-0.1, -0.05) is 66.2 Å². The van der Waals surface area contributed by atoms with Gasteiger partial charge in [0.2, 0.25) is 5.91 Å². The number of para-hydroxylation sites is 1. The number of hydrogen-bond acceptors (Lipinski definition) is 3. The van der Waals surface area contributed by atoms with Crippen LogP contribution in [0.2, 0.25) is 0 Å². The first-order chi connectivity index (χ1) is 15.0. The Kier molecular flexibility index (Phi) is 5.94. The van der Waals surface area contributed by atoms with Crippen LogP contribution in [0.5, 0.6) is 0 Å². The molecule has 3 aromatic rings. The molecule has 1 aliphatic rings. The van der Waals surface area contributed by atoms with E-state index in [9.17, 15) is 14.4 Å². The minimum Gasteiger partial charge on any atom is -0.326 e. The normalized spacial score (nSPS) is 15.9. The zero-order chi connectivity index (χ0) is 21.8. The van der Waals surface area contributed by atoms with Crippen LogP contribution in [0, 0.1) is 6.92 Å². The number of rotatable bonds is 6. The van der Waals surface area contributed by atoms with E-state index in [4.69, 9.17) is 0 Å². The monoisotopic (exact) mass is 412 g/mol. The minimum atomic E-state index is -0.815. The highest BCUT2D eigenvalue weighted by Gasteiger charge is 2.44. The average molecular weight is 412 g/mol. The Balaban J connectivity index is 1.64. The number of imide groups is 1. The average Bonchev–Trinajstić information content (AvgIpc) is 3.08. The maximum absolute atomic E-state index is 13.4. The first-order valence-electron chi connectivity index (χ1n) is 10.4. The van der Waals surface area contributed by atoms with E-state index in [-0.39, 0.29) is 24.1 Å². The summed E-state index contributed by atoms with van der Waals surface area (Å²) in [5.41, 5.74) is 3.09. The molecular formula is C26H24N2O3. The fourth-order valence-corrected chi connectivity index (χ4v) is 3.94. The zero-order valence-electron chi connectivity index (χ0n) is 17.4. The van der Waals surface area contributed by atoms with Gasteiger partial charge in [0.15, 0.2) is 0 Å². The number of carbonyl (C=O) groups is 3. The van der Waals surface area contributed by atoms with Gasteiger partial charge in [-0.25, -0.2) is 4.90 Å². The van der Waals surface area contributed by atoms with Crippen LogP contribution >= 0.6 is 0 Å². The lowest BCUT2D eigenvalue weighted by atomic mass is 10.1. The van der Waals surface area contributed by atoms with Crippen molar-refractivity contribution >= 4 is 23.4 Å². The van der Waals surface area contributed by atoms with Crippen LogP contribution in [0.4, 0.5) is 5.69 Å². The highest BCUT2D eigenvalue weighted by molar-refractivity contribution is 6.23. The quantitative estimate of drug-likeness (QED) is 0.575. The van der Waals surface area contributed by atoms with Gasteiger partial charge >= 0.3 is 0 Å². The second-order valence-electron chi connectivity index (χ2n) is 7.73. The van der Waals surface area contributed by atoms with E-state index in [1.807, 2.05) is 61.5 Å². The van der Waals surface area contributed by atoms with Crippen molar-refractivity contribution in [3.63, 3.8) is 0 Å².